The lowest BCUT2D eigenvalue weighted by molar-refractivity contribution is -0.141. The van der Waals surface area contributed by atoms with Crippen LogP contribution < -0.4 is 16.0 Å². The molecule has 0 spiro atoms. The fraction of sp³-hybridized carbons (Fsp3) is 0.538. The fourth-order valence-electron chi connectivity index (χ4n) is 1.94. The molecule has 0 amide bonds. The summed E-state index contributed by atoms with van der Waals surface area (Å²) in [7, 11) is 0. The molecule has 0 unspecified atom stereocenters. The molecule has 0 aromatic carbocycles. The first kappa shape index (κ1) is 16.7. The van der Waals surface area contributed by atoms with Crippen molar-refractivity contribution in [2.75, 3.05) is 44.2 Å². The quantitative estimate of drug-likeness (QED) is 0.238. The number of piperazine rings is 1. The Morgan fingerprint density at radius 2 is 2.17 bits per heavy atom. The van der Waals surface area contributed by atoms with Crippen molar-refractivity contribution in [2.24, 2.45) is 21.2 Å². The van der Waals surface area contributed by atoms with E-state index >= 15 is 0 Å². The lowest BCUT2D eigenvalue weighted by Gasteiger charge is -2.27. The number of hydrogen-bond acceptors (Lipinski definition) is 8. The van der Waals surface area contributed by atoms with Crippen molar-refractivity contribution in [2.45, 2.75) is 6.92 Å². The van der Waals surface area contributed by atoms with Gasteiger partial charge in [-0.15, -0.1) is 5.10 Å². The molecular weight excluding hydrogens is 300 g/mol. The van der Waals surface area contributed by atoms with Crippen LogP contribution in [-0.2, 0) is 9.53 Å². The van der Waals surface area contributed by atoms with Crippen LogP contribution in [-0.4, -0.2) is 61.1 Å². The third kappa shape index (κ3) is 5.25. The molecule has 2 rings (SSSR count). The molecule has 1 aliphatic rings. The average Bonchev–Trinajstić information content (AvgIpc) is 2.60. The molecule has 0 atom stereocenters. The normalized spacial score (nSPS) is 15.9. The number of hydrogen-bond donors (Lipinski definition) is 2. The Morgan fingerprint density at radius 3 is 2.83 bits per heavy atom. The Morgan fingerprint density at radius 1 is 1.39 bits per heavy atom. The number of carbonyl (C=O) groups excluding carboxylic acids is 1. The van der Waals surface area contributed by atoms with Gasteiger partial charge in [0.1, 0.15) is 11.5 Å². The van der Waals surface area contributed by atoms with Crippen LogP contribution in [0.3, 0.4) is 0 Å². The third-order valence-corrected chi connectivity index (χ3v) is 3.06. The first-order valence-electron chi connectivity index (χ1n) is 7.34. The zero-order valence-corrected chi connectivity index (χ0v) is 13.0. The highest BCUT2D eigenvalue weighted by atomic mass is 16.5. The SMILES string of the molecule is CCOC(=O)CN=NN=C(N)c1cnc(N2CCNCC2)cn1. The molecule has 2 heterocycles. The Hall–Kier alpha value is -2.62. The van der Waals surface area contributed by atoms with Gasteiger partial charge < -0.3 is 20.7 Å². The van der Waals surface area contributed by atoms with Gasteiger partial charge in [-0.3, -0.25) is 0 Å². The minimum Gasteiger partial charge on any atom is -0.465 e. The van der Waals surface area contributed by atoms with E-state index in [-0.39, 0.29) is 12.4 Å². The highest BCUT2D eigenvalue weighted by Gasteiger charge is 2.12. The first-order valence-corrected chi connectivity index (χ1v) is 7.34. The smallest absolute Gasteiger partial charge is 0.329 e. The summed E-state index contributed by atoms with van der Waals surface area (Å²) >= 11 is 0. The zero-order valence-electron chi connectivity index (χ0n) is 13.0. The maximum absolute atomic E-state index is 11.1. The lowest BCUT2D eigenvalue weighted by Crippen LogP contribution is -2.44. The summed E-state index contributed by atoms with van der Waals surface area (Å²) < 4.78 is 4.70. The topological polar surface area (TPSA) is 130 Å². The van der Waals surface area contributed by atoms with Crippen LogP contribution in [0.5, 0.6) is 0 Å². The second-order valence-electron chi connectivity index (χ2n) is 4.68. The zero-order chi connectivity index (χ0) is 16.5. The van der Waals surface area contributed by atoms with Gasteiger partial charge in [0.05, 0.1) is 19.0 Å². The van der Waals surface area contributed by atoms with Crippen molar-refractivity contribution in [3.8, 4) is 0 Å². The summed E-state index contributed by atoms with van der Waals surface area (Å²) in [6.45, 7) is 5.45. The third-order valence-electron chi connectivity index (χ3n) is 3.06. The molecular formula is C13H20N8O2. The van der Waals surface area contributed by atoms with Crippen molar-refractivity contribution in [1.29, 1.82) is 0 Å². The highest BCUT2D eigenvalue weighted by molar-refractivity contribution is 5.95. The Kier molecular flexibility index (Phi) is 6.36. The number of nitrogens with two attached hydrogens (primary N) is 1. The second-order valence-corrected chi connectivity index (χ2v) is 4.68. The number of carbonyl (C=O) groups is 1. The largest absolute Gasteiger partial charge is 0.465 e. The molecule has 1 aromatic heterocycles. The van der Waals surface area contributed by atoms with Gasteiger partial charge >= 0.3 is 5.97 Å². The van der Waals surface area contributed by atoms with Crippen LogP contribution >= 0.6 is 0 Å². The van der Waals surface area contributed by atoms with Gasteiger partial charge in [0.2, 0.25) is 0 Å². The van der Waals surface area contributed by atoms with E-state index in [9.17, 15) is 4.79 Å². The predicted molar refractivity (Wildman–Crippen MR) is 84.2 cm³/mol. The number of anilines is 1. The van der Waals surface area contributed by atoms with Crippen LogP contribution in [0.2, 0.25) is 0 Å². The van der Waals surface area contributed by atoms with E-state index in [1.54, 1.807) is 13.1 Å². The first-order chi connectivity index (χ1) is 11.2. The van der Waals surface area contributed by atoms with Crippen molar-refractivity contribution < 1.29 is 9.53 Å². The second kappa shape index (κ2) is 8.73. The standard InChI is InChI=1S/C13H20N8O2/c1-2-23-12(22)9-18-20-19-13(14)10-7-17-11(8-16-10)21-5-3-15-4-6-21/h7-8,15H,2-6,9H2,1H3,(H2,14,18,19). The molecule has 0 saturated carbocycles. The Balaban J connectivity index is 1.91. The van der Waals surface area contributed by atoms with E-state index in [4.69, 9.17) is 10.5 Å². The maximum atomic E-state index is 11.1. The minimum absolute atomic E-state index is 0.0805. The van der Waals surface area contributed by atoms with Gasteiger partial charge in [0, 0.05) is 26.2 Å². The number of rotatable bonds is 6. The van der Waals surface area contributed by atoms with Crippen LogP contribution in [0.4, 0.5) is 5.82 Å². The average molecular weight is 320 g/mol. The van der Waals surface area contributed by atoms with E-state index in [1.807, 2.05) is 0 Å². The van der Waals surface area contributed by atoms with Crippen LogP contribution in [0.15, 0.2) is 27.8 Å². The Bertz CT molecular complexity index is 566. The summed E-state index contributed by atoms with van der Waals surface area (Å²) in [5.74, 6) is 0.411. The monoisotopic (exact) mass is 320 g/mol. The van der Waals surface area contributed by atoms with E-state index in [1.165, 1.54) is 6.20 Å². The highest BCUT2D eigenvalue weighted by Crippen LogP contribution is 2.09. The van der Waals surface area contributed by atoms with E-state index in [2.05, 4.69) is 35.6 Å². The molecule has 124 valence electrons. The molecule has 1 aromatic rings. The predicted octanol–water partition coefficient (Wildman–Crippen LogP) is -0.478. The lowest BCUT2D eigenvalue weighted by atomic mass is 10.3. The van der Waals surface area contributed by atoms with Crippen molar-refractivity contribution in [1.82, 2.24) is 15.3 Å². The molecule has 1 aliphatic heterocycles. The summed E-state index contributed by atoms with van der Waals surface area (Å²) in [4.78, 5) is 21.8. The van der Waals surface area contributed by atoms with Crippen molar-refractivity contribution in [3.05, 3.63) is 18.1 Å². The number of ether oxygens (including phenoxy) is 1. The van der Waals surface area contributed by atoms with Crippen molar-refractivity contribution >= 4 is 17.6 Å². The van der Waals surface area contributed by atoms with Crippen LogP contribution in [0.25, 0.3) is 0 Å². The molecule has 3 N–H and O–H groups in total. The number of nitrogens with one attached hydrogen (secondary N) is 1. The van der Waals surface area contributed by atoms with E-state index in [0.29, 0.717) is 12.3 Å². The van der Waals surface area contributed by atoms with E-state index in [0.717, 1.165) is 32.0 Å². The van der Waals surface area contributed by atoms with Gasteiger partial charge in [0.25, 0.3) is 0 Å². The molecule has 0 bridgehead atoms. The molecule has 10 nitrogen and oxygen atoms in total. The van der Waals surface area contributed by atoms with Crippen molar-refractivity contribution in [3.63, 3.8) is 0 Å². The minimum atomic E-state index is -0.467. The summed E-state index contributed by atoms with van der Waals surface area (Å²) in [5, 5.41) is 14.0. The summed E-state index contributed by atoms with van der Waals surface area (Å²) in [6.07, 6.45) is 3.19. The number of amidine groups is 1. The van der Waals surface area contributed by atoms with Gasteiger partial charge in [-0.25, -0.2) is 14.8 Å². The van der Waals surface area contributed by atoms with Crippen LogP contribution in [0, 0.1) is 0 Å². The molecule has 1 saturated heterocycles. The molecule has 0 aliphatic carbocycles. The van der Waals surface area contributed by atoms with Crippen LogP contribution in [0.1, 0.15) is 12.6 Å². The Labute approximate surface area is 133 Å². The maximum Gasteiger partial charge on any atom is 0.329 e. The molecule has 10 heteroatoms. The number of esters is 1. The van der Waals surface area contributed by atoms with Gasteiger partial charge in [-0.05, 0) is 12.1 Å². The molecule has 1 fully saturated rings. The summed E-state index contributed by atoms with van der Waals surface area (Å²) in [5.41, 5.74) is 6.15. The fourth-order valence-corrected chi connectivity index (χ4v) is 1.94. The van der Waals surface area contributed by atoms with Gasteiger partial charge in [-0.2, -0.15) is 5.11 Å². The summed E-state index contributed by atoms with van der Waals surface area (Å²) in [6, 6.07) is 0. The van der Waals surface area contributed by atoms with E-state index < -0.39 is 5.97 Å². The molecule has 0 radical (unpaired) electrons. The van der Waals surface area contributed by atoms with Gasteiger partial charge in [-0.1, -0.05) is 0 Å². The number of nitrogens with zero attached hydrogens (tertiary/aromatic N) is 6. The molecule has 23 heavy (non-hydrogen) atoms. The van der Waals surface area contributed by atoms with Gasteiger partial charge in [0.15, 0.2) is 12.4 Å². The number of aromatic nitrogens is 2.